The lowest BCUT2D eigenvalue weighted by molar-refractivity contribution is -0.142. The number of nitriles is 1. The third-order valence-electron chi connectivity index (χ3n) is 3.13. The molecule has 0 saturated carbocycles. The van der Waals surface area contributed by atoms with Gasteiger partial charge >= 0.3 is 5.97 Å². The Bertz CT molecular complexity index is 721. The number of benzene rings is 1. The number of carboxylic acid groups (broad SMARTS) is 1. The maximum atomic E-state index is 12.3. The molecule has 0 aromatic heterocycles. The quantitative estimate of drug-likeness (QED) is 0.854. The second-order valence-electron chi connectivity index (χ2n) is 4.55. The summed E-state index contributed by atoms with van der Waals surface area (Å²) in [6.45, 7) is 0. The average molecular weight is 347 g/mol. The van der Waals surface area contributed by atoms with Crippen LogP contribution in [-0.2, 0) is 14.8 Å². The summed E-state index contributed by atoms with van der Waals surface area (Å²) >= 11 is 7.19. The molecule has 0 radical (unpaired) electrons. The van der Waals surface area contributed by atoms with Gasteiger partial charge in [-0.2, -0.15) is 21.7 Å². The molecule has 6 nitrogen and oxygen atoms in total. The van der Waals surface area contributed by atoms with E-state index in [0.717, 1.165) is 6.07 Å². The molecule has 1 aliphatic heterocycles. The number of halogens is 1. The standard InChI is InChI=1S/C12H11ClN2O4S2/c13-10-5-9(2-1-8(10)6-14)21(18,19)15-12(11(16)17)3-4-20-7-12/h1-2,5,15H,3-4,7H2,(H,16,17). The van der Waals surface area contributed by atoms with E-state index in [1.807, 2.05) is 6.07 Å². The summed E-state index contributed by atoms with van der Waals surface area (Å²) in [4.78, 5) is 11.2. The summed E-state index contributed by atoms with van der Waals surface area (Å²) in [5, 5.41) is 18.1. The molecule has 1 saturated heterocycles. The first-order valence-electron chi connectivity index (χ1n) is 5.85. The predicted octanol–water partition coefficient (Wildman–Crippen LogP) is 1.45. The molecule has 2 rings (SSSR count). The number of nitrogens with one attached hydrogen (secondary N) is 1. The van der Waals surface area contributed by atoms with Crippen LogP contribution in [-0.4, -0.2) is 36.5 Å². The largest absolute Gasteiger partial charge is 0.480 e. The van der Waals surface area contributed by atoms with E-state index in [9.17, 15) is 18.3 Å². The molecular weight excluding hydrogens is 336 g/mol. The van der Waals surface area contributed by atoms with Gasteiger partial charge in [0.2, 0.25) is 10.0 Å². The summed E-state index contributed by atoms with van der Waals surface area (Å²) in [5.74, 6) is -0.454. The van der Waals surface area contributed by atoms with E-state index in [4.69, 9.17) is 16.9 Å². The molecule has 9 heteroatoms. The molecule has 1 fully saturated rings. The Morgan fingerprint density at radius 2 is 2.24 bits per heavy atom. The summed E-state index contributed by atoms with van der Waals surface area (Å²) in [6, 6.07) is 5.48. The first-order valence-corrected chi connectivity index (χ1v) is 8.87. The average Bonchev–Trinajstić information content (AvgIpc) is 2.87. The lowest BCUT2D eigenvalue weighted by Crippen LogP contribution is -2.54. The van der Waals surface area contributed by atoms with Gasteiger partial charge in [-0.3, -0.25) is 4.79 Å². The monoisotopic (exact) mass is 346 g/mol. The number of hydrogen-bond donors (Lipinski definition) is 2. The van der Waals surface area contributed by atoms with Crippen molar-refractivity contribution >= 4 is 39.4 Å². The van der Waals surface area contributed by atoms with E-state index < -0.39 is 21.5 Å². The van der Waals surface area contributed by atoms with Crippen LogP contribution in [0.2, 0.25) is 5.02 Å². The number of thioether (sulfide) groups is 1. The molecular formula is C12H11ClN2O4S2. The highest BCUT2D eigenvalue weighted by molar-refractivity contribution is 7.99. The Labute approximate surface area is 131 Å². The molecule has 1 atom stereocenters. The minimum Gasteiger partial charge on any atom is -0.480 e. The van der Waals surface area contributed by atoms with Crippen molar-refractivity contribution in [2.75, 3.05) is 11.5 Å². The first kappa shape index (κ1) is 16.1. The number of sulfonamides is 1. The van der Waals surface area contributed by atoms with Gasteiger partial charge in [0, 0.05) is 5.75 Å². The van der Waals surface area contributed by atoms with Gasteiger partial charge in [0.25, 0.3) is 0 Å². The van der Waals surface area contributed by atoms with E-state index in [1.165, 1.54) is 23.9 Å². The zero-order valence-electron chi connectivity index (χ0n) is 10.7. The fourth-order valence-corrected chi connectivity index (χ4v) is 5.05. The Morgan fingerprint density at radius 3 is 2.71 bits per heavy atom. The Balaban J connectivity index is 2.37. The summed E-state index contributed by atoms with van der Waals surface area (Å²) in [7, 11) is -4.03. The molecule has 1 unspecified atom stereocenters. The van der Waals surface area contributed by atoms with Crippen LogP contribution in [0.5, 0.6) is 0 Å². The molecule has 0 spiro atoms. The van der Waals surface area contributed by atoms with E-state index in [0.29, 0.717) is 5.75 Å². The van der Waals surface area contributed by atoms with Crippen molar-refractivity contribution in [3.8, 4) is 6.07 Å². The van der Waals surface area contributed by atoms with Gasteiger partial charge in [0.05, 0.1) is 15.5 Å². The van der Waals surface area contributed by atoms with Gasteiger partial charge in [0.15, 0.2) is 0 Å². The summed E-state index contributed by atoms with van der Waals surface area (Å²) < 4.78 is 26.9. The Kier molecular flexibility index (Phi) is 4.49. The first-order chi connectivity index (χ1) is 9.81. The van der Waals surface area contributed by atoms with E-state index in [2.05, 4.69) is 4.72 Å². The fraction of sp³-hybridized carbons (Fsp3) is 0.333. The van der Waals surface area contributed by atoms with E-state index in [1.54, 1.807) is 0 Å². The topological polar surface area (TPSA) is 107 Å². The van der Waals surface area contributed by atoms with Crippen LogP contribution in [0.1, 0.15) is 12.0 Å². The van der Waals surface area contributed by atoms with Gasteiger partial charge < -0.3 is 5.11 Å². The van der Waals surface area contributed by atoms with E-state index in [-0.39, 0.29) is 27.7 Å². The van der Waals surface area contributed by atoms with Crippen molar-refractivity contribution in [1.82, 2.24) is 4.72 Å². The SMILES string of the molecule is N#Cc1ccc(S(=O)(=O)NC2(C(=O)O)CCSC2)cc1Cl. The van der Waals surface area contributed by atoms with Gasteiger partial charge in [-0.05, 0) is 30.4 Å². The predicted molar refractivity (Wildman–Crippen MR) is 78.8 cm³/mol. The number of aliphatic carboxylic acids is 1. The highest BCUT2D eigenvalue weighted by atomic mass is 35.5. The number of nitrogens with zero attached hydrogens (tertiary/aromatic N) is 1. The number of hydrogen-bond acceptors (Lipinski definition) is 5. The summed E-state index contributed by atoms with van der Waals surface area (Å²) in [6.07, 6.45) is 0.218. The zero-order chi connectivity index (χ0) is 15.7. The smallest absolute Gasteiger partial charge is 0.325 e. The lowest BCUT2D eigenvalue weighted by Gasteiger charge is -2.24. The van der Waals surface area contributed by atoms with Gasteiger partial charge in [-0.1, -0.05) is 11.6 Å². The Morgan fingerprint density at radius 1 is 1.52 bits per heavy atom. The van der Waals surface area contributed by atoms with Gasteiger partial charge in [0.1, 0.15) is 11.6 Å². The van der Waals surface area contributed by atoms with Crippen molar-refractivity contribution in [2.45, 2.75) is 16.9 Å². The third-order valence-corrected chi connectivity index (χ3v) is 6.17. The highest BCUT2D eigenvalue weighted by Crippen LogP contribution is 2.30. The summed E-state index contributed by atoms with van der Waals surface area (Å²) in [5.41, 5.74) is -1.34. The number of carboxylic acids is 1. The van der Waals surface area contributed by atoms with Crippen molar-refractivity contribution in [3.63, 3.8) is 0 Å². The highest BCUT2D eigenvalue weighted by Gasteiger charge is 2.45. The molecule has 112 valence electrons. The van der Waals surface area contributed by atoms with Crippen molar-refractivity contribution in [1.29, 1.82) is 5.26 Å². The van der Waals surface area contributed by atoms with Crippen molar-refractivity contribution in [3.05, 3.63) is 28.8 Å². The van der Waals surface area contributed by atoms with E-state index >= 15 is 0 Å². The van der Waals surface area contributed by atoms with Gasteiger partial charge in [-0.15, -0.1) is 0 Å². The maximum absolute atomic E-state index is 12.3. The Hall–Kier alpha value is -1.27. The zero-order valence-corrected chi connectivity index (χ0v) is 13.1. The molecule has 1 aromatic rings. The normalized spacial score (nSPS) is 21.9. The molecule has 21 heavy (non-hydrogen) atoms. The molecule has 0 aliphatic carbocycles. The van der Waals surface area contributed by atoms with Crippen LogP contribution in [0, 0.1) is 11.3 Å². The number of carbonyl (C=O) groups is 1. The van der Waals surface area contributed by atoms with Crippen LogP contribution < -0.4 is 4.72 Å². The molecule has 1 heterocycles. The third kappa shape index (κ3) is 3.16. The van der Waals surface area contributed by atoms with Crippen molar-refractivity contribution in [2.24, 2.45) is 0 Å². The van der Waals surface area contributed by atoms with Crippen LogP contribution in [0.4, 0.5) is 0 Å². The second-order valence-corrected chi connectivity index (χ2v) is 7.74. The van der Waals surface area contributed by atoms with Gasteiger partial charge in [-0.25, -0.2) is 8.42 Å². The molecule has 0 bridgehead atoms. The molecule has 0 amide bonds. The molecule has 1 aliphatic rings. The molecule has 2 N–H and O–H groups in total. The van der Waals surface area contributed by atoms with Crippen LogP contribution >= 0.6 is 23.4 Å². The lowest BCUT2D eigenvalue weighted by atomic mass is 10.0. The number of rotatable bonds is 4. The van der Waals surface area contributed by atoms with Crippen LogP contribution in [0.15, 0.2) is 23.1 Å². The molecule has 1 aromatic carbocycles. The van der Waals surface area contributed by atoms with Crippen LogP contribution in [0.3, 0.4) is 0 Å². The fourth-order valence-electron chi connectivity index (χ4n) is 1.93. The second kappa shape index (κ2) is 5.85. The van der Waals surface area contributed by atoms with Crippen LogP contribution in [0.25, 0.3) is 0 Å². The minimum absolute atomic E-state index is 0.00514. The van der Waals surface area contributed by atoms with Crippen molar-refractivity contribution < 1.29 is 18.3 Å². The minimum atomic E-state index is -4.03. The maximum Gasteiger partial charge on any atom is 0.325 e.